The summed E-state index contributed by atoms with van der Waals surface area (Å²) in [6.07, 6.45) is 2.72. The molecule has 2 aromatic carbocycles. The van der Waals surface area contributed by atoms with Crippen LogP contribution in [-0.4, -0.2) is 64.1 Å². The summed E-state index contributed by atoms with van der Waals surface area (Å²) >= 11 is 0. The lowest BCUT2D eigenvalue weighted by molar-refractivity contribution is -0.130. The van der Waals surface area contributed by atoms with Crippen molar-refractivity contribution in [3.05, 3.63) is 70.3 Å². The van der Waals surface area contributed by atoms with Crippen LogP contribution in [0.1, 0.15) is 57.7 Å². The fourth-order valence-electron chi connectivity index (χ4n) is 6.61. The van der Waals surface area contributed by atoms with Crippen molar-refractivity contribution >= 4 is 46.1 Å². The fraction of sp³-hybridized carbons (Fsp3) is 0.432. The normalized spacial score (nSPS) is 17.8. The summed E-state index contributed by atoms with van der Waals surface area (Å²) in [5.41, 5.74) is 5.60. The number of pyridine rings is 1. The van der Waals surface area contributed by atoms with E-state index in [0.717, 1.165) is 59.8 Å². The molecule has 264 valence electrons. The molecule has 1 atom stereocenters. The van der Waals surface area contributed by atoms with E-state index < -0.39 is 17.7 Å². The molecule has 3 heterocycles. The predicted octanol–water partition coefficient (Wildman–Crippen LogP) is 5.06. The Labute approximate surface area is 290 Å². The Morgan fingerprint density at radius 2 is 1.66 bits per heavy atom. The van der Waals surface area contributed by atoms with Crippen LogP contribution in [-0.2, 0) is 20.7 Å². The Kier molecular flexibility index (Phi) is 10.1. The van der Waals surface area contributed by atoms with E-state index in [1.54, 1.807) is 18.2 Å². The van der Waals surface area contributed by atoms with Gasteiger partial charge in [-0.3, -0.25) is 9.59 Å². The molecule has 1 fully saturated rings. The Morgan fingerprint density at radius 3 is 2.40 bits per heavy atom. The molecule has 2 aliphatic rings. The second-order valence-corrected chi connectivity index (χ2v) is 14.3. The van der Waals surface area contributed by atoms with Gasteiger partial charge in [0, 0.05) is 48.9 Å². The Morgan fingerprint density at radius 1 is 0.940 bits per heavy atom. The van der Waals surface area contributed by atoms with Gasteiger partial charge in [-0.05, 0) is 94.7 Å². The largest absolute Gasteiger partial charge is 0.444 e. The molecule has 0 saturated heterocycles. The topological polar surface area (TPSA) is 182 Å². The number of rotatable bonds is 9. The van der Waals surface area contributed by atoms with Crippen molar-refractivity contribution in [1.29, 1.82) is 0 Å². The summed E-state index contributed by atoms with van der Waals surface area (Å²) in [5, 5.41) is 15.5. The molecule has 0 unspecified atom stereocenters. The number of aromatic nitrogens is 3. The van der Waals surface area contributed by atoms with Crippen molar-refractivity contribution in [3.8, 4) is 11.1 Å². The highest BCUT2D eigenvalue weighted by Gasteiger charge is 2.30. The molecular weight excluding hydrogens is 636 g/mol. The zero-order valence-corrected chi connectivity index (χ0v) is 29.0. The first-order valence-electron chi connectivity index (χ1n) is 17.3. The van der Waals surface area contributed by atoms with Crippen LogP contribution in [0.5, 0.6) is 0 Å². The van der Waals surface area contributed by atoms with Crippen molar-refractivity contribution in [3.63, 3.8) is 0 Å². The second-order valence-electron chi connectivity index (χ2n) is 14.3. The second kappa shape index (κ2) is 14.7. The average molecular weight is 683 g/mol. The van der Waals surface area contributed by atoms with E-state index in [4.69, 9.17) is 9.72 Å². The molecule has 7 N–H and O–H groups in total. The lowest BCUT2D eigenvalue weighted by Crippen LogP contribution is -2.48. The third-order valence-corrected chi connectivity index (χ3v) is 9.22. The molecule has 3 amide bonds. The maximum absolute atomic E-state index is 13.8. The van der Waals surface area contributed by atoms with Crippen LogP contribution in [0, 0.1) is 18.8 Å². The number of fused-ring (bicyclic) bond motifs is 2. The van der Waals surface area contributed by atoms with Crippen molar-refractivity contribution < 1.29 is 19.1 Å². The smallest absolute Gasteiger partial charge is 0.407 e. The van der Waals surface area contributed by atoms with Gasteiger partial charge in [-0.15, -0.1) is 0 Å². The molecule has 0 radical (unpaired) electrons. The summed E-state index contributed by atoms with van der Waals surface area (Å²) in [6.45, 7) is 9.61. The average Bonchev–Trinajstić information content (AvgIpc) is 3.45. The minimum absolute atomic E-state index is 0.164. The van der Waals surface area contributed by atoms with E-state index in [1.807, 2.05) is 52.0 Å². The highest BCUT2D eigenvalue weighted by Crippen LogP contribution is 2.32. The number of carbonyl (C=O) groups is 3. The third-order valence-electron chi connectivity index (χ3n) is 9.22. The van der Waals surface area contributed by atoms with Crippen molar-refractivity contribution in [2.75, 3.05) is 35.6 Å². The quantitative estimate of drug-likeness (QED) is 0.128. The number of nitrogens with zero attached hydrogens (tertiary/aromatic N) is 1. The highest BCUT2D eigenvalue weighted by atomic mass is 16.6. The molecule has 1 saturated carbocycles. The maximum Gasteiger partial charge on any atom is 0.407 e. The van der Waals surface area contributed by atoms with Gasteiger partial charge in [0.05, 0.1) is 16.7 Å². The van der Waals surface area contributed by atoms with Gasteiger partial charge in [0.1, 0.15) is 17.5 Å². The first-order valence-corrected chi connectivity index (χ1v) is 17.3. The van der Waals surface area contributed by atoms with Crippen LogP contribution in [0.4, 0.5) is 22.0 Å². The van der Waals surface area contributed by atoms with Gasteiger partial charge < -0.3 is 41.3 Å². The van der Waals surface area contributed by atoms with E-state index >= 15 is 0 Å². The summed E-state index contributed by atoms with van der Waals surface area (Å²) in [7, 11) is 0. The summed E-state index contributed by atoms with van der Waals surface area (Å²) in [5.74, 6) is 0.340. The van der Waals surface area contributed by atoms with Crippen LogP contribution in [0.15, 0.2) is 53.3 Å². The van der Waals surface area contributed by atoms with Gasteiger partial charge in [-0.25, -0.2) is 14.6 Å². The number of ether oxygens (including phenoxy) is 1. The standard InChI is InChI=1S/C37H46N8O5/c1-21-27(19-30-32(41-21)39-16-15-38-30)24-9-5-22(6-10-24)17-31(34(47)42-26-13-14-28-29(18-26)45-35(48)44-28)43-33(46)25-11-7-23(8-12-25)20-40-36(49)50-37(2,3)4/h5-6,9-10,13-14,18-19,23,25,31,38H,7-8,11-12,15-17,20H2,1-4H3,(H,39,41)(H,40,49)(H,42,47)(H,43,46)(H2,44,45,48)/t23?,25?,31-/m0/s1. The van der Waals surface area contributed by atoms with Gasteiger partial charge in [-0.2, -0.15) is 0 Å². The maximum atomic E-state index is 13.8. The van der Waals surface area contributed by atoms with Crippen molar-refractivity contribution in [2.24, 2.45) is 11.8 Å². The van der Waals surface area contributed by atoms with Gasteiger partial charge in [-0.1, -0.05) is 24.3 Å². The van der Waals surface area contributed by atoms with Crippen LogP contribution in [0.2, 0.25) is 0 Å². The van der Waals surface area contributed by atoms with Crippen LogP contribution >= 0.6 is 0 Å². The van der Waals surface area contributed by atoms with E-state index in [0.29, 0.717) is 36.1 Å². The molecule has 0 spiro atoms. The predicted molar refractivity (Wildman–Crippen MR) is 194 cm³/mol. The van der Waals surface area contributed by atoms with Crippen LogP contribution in [0.3, 0.4) is 0 Å². The molecule has 0 bridgehead atoms. The van der Waals surface area contributed by atoms with Crippen molar-refractivity contribution in [2.45, 2.75) is 71.4 Å². The Balaban J connectivity index is 1.13. The Bertz CT molecular complexity index is 1920. The zero-order chi connectivity index (χ0) is 35.4. The Hall–Kier alpha value is -5.33. The monoisotopic (exact) mass is 682 g/mol. The molecule has 1 aliphatic carbocycles. The lowest BCUT2D eigenvalue weighted by Gasteiger charge is -2.29. The molecule has 1 aliphatic heterocycles. The van der Waals surface area contributed by atoms with E-state index in [-0.39, 0.29) is 35.8 Å². The number of aromatic amines is 2. The summed E-state index contributed by atoms with van der Waals surface area (Å²) < 4.78 is 5.35. The number of carbonyl (C=O) groups excluding carboxylic acids is 3. The minimum atomic E-state index is -0.844. The number of imidazole rings is 1. The number of hydrogen-bond acceptors (Lipinski definition) is 8. The summed E-state index contributed by atoms with van der Waals surface area (Å²) in [4.78, 5) is 61.4. The molecule has 13 nitrogen and oxygen atoms in total. The SMILES string of the molecule is Cc1nc2c(cc1-c1ccc(C[C@H](NC(=O)C3CCC(CNC(=O)OC(C)(C)C)CC3)C(=O)Nc3ccc4[nH]c(=O)[nH]c4c3)cc1)NCCN2. The number of H-pyrrole nitrogens is 2. The fourth-order valence-corrected chi connectivity index (χ4v) is 6.61. The highest BCUT2D eigenvalue weighted by molar-refractivity contribution is 5.98. The number of benzene rings is 2. The van der Waals surface area contributed by atoms with E-state index in [9.17, 15) is 19.2 Å². The molecule has 50 heavy (non-hydrogen) atoms. The van der Waals surface area contributed by atoms with Gasteiger partial charge >= 0.3 is 11.8 Å². The first kappa shape index (κ1) is 34.5. The van der Waals surface area contributed by atoms with E-state index in [2.05, 4.69) is 42.6 Å². The third kappa shape index (κ3) is 8.63. The van der Waals surface area contributed by atoms with E-state index in [1.165, 1.54) is 0 Å². The molecule has 4 aromatic rings. The van der Waals surface area contributed by atoms with Gasteiger partial charge in [0.15, 0.2) is 0 Å². The molecular formula is C37H46N8O5. The van der Waals surface area contributed by atoms with Gasteiger partial charge in [0.2, 0.25) is 11.8 Å². The number of aryl methyl sites for hydroxylation is 1. The first-order chi connectivity index (χ1) is 23.9. The lowest BCUT2D eigenvalue weighted by atomic mass is 9.81. The van der Waals surface area contributed by atoms with Gasteiger partial charge in [0.25, 0.3) is 0 Å². The molecule has 6 rings (SSSR count). The number of alkyl carbamates (subject to hydrolysis) is 1. The number of amides is 3. The molecule has 13 heteroatoms. The number of anilines is 3. The van der Waals surface area contributed by atoms with Crippen LogP contribution in [0.25, 0.3) is 22.2 Å². The minimum Gasteiger partial charge on any atom is -0.444 e. The number of hydrogen-bond donors (Lipinski definition) is 7. The molecule has 2 aromatic heterocycles. The van der Waals surface area contributed by atoms with Crippen molar-refractivity contribution in [1.82, 2.24) is 25.6 Å². The zero-order valence-electron chi connectivity index (χ0n) is 29.0. The summed E-state index contributed by atoms with van der Waals surface area (Å²) in [6, 6.07) is 14.4. The number of nitrogens with one attached hydrogen (secondary N) is 7. The van der Waals surface area contributed by atoms with Crippen LogP contribution < -0.4 is 32.3 Å².